The molecule has 0 atom stereocenters. The van der Waals surface area contributed by atoms with E-state index in [1.54, 1.807) is 28.0 Å². The second-order valence-electron chi connectivity index (χ2n) is 7.00. The first-order valence-corrected chi connectivity index (χ1v) is 11.1. The summed E-state index contributed by atoms with van der Waals surface area (Å²) in [7, 11) is -3.64. The molecule has 10 heteroatoms. The van der Waals surface area contributed by atoms with Crippen LogP contribution in [0.25, 0.3) is 0 Å². The molecule has 0 radical (unpaired) electrons. The van der Waals surface area contributed by atoms with Crippen LogP contribution in [0.15, 0.2) is 29.2 Å². The van der Waals surface area contributed by atoms with Crippen molar-refractivity contribution in [2.45, 2.75) is 11.8 Å². The fourth-order valence-electron chi connectivity index (χ4n) is 3.48. The Morgan fingerprint density at radius 3 is 2.07 bits per heavy atom. The van der Waals surface area contributed by atoms with Gasteiger partial charge in [-0.1, -0.05) is 23.7 Å². The van der Waals surface area contributed by atoms with Gasteiger partial charge >= 0.3 is 0 Å². The summed E-state index contributed by atoms with van der Waals surface area (Å²) in [6.07, 6.45) is 0. The van der Waals surface area contributed by atoms with Gasteiger partial charge in [0.1, 0.15) is 4.90 Å². The van der Waals surface area contributed by atoms with Crippen LogP contribution in [0.5, 0.6) is 0 Å². The topological polar surface area (TPSA) is 81.2 Å². The fraction of sp³-hybridized carbons (Fsp3) is 0.556. The summed E-state index contributed by atoms with van der Waals surface area (Å²) in [4.78, 5) is 29.5. The van der Waals surface area contributed by atoms with Crippen LogP contribution in [0.1, 0.15) is 6.92 Å². The average molecular weight is 429 g/mol. The molecule has 0 bridgehead atoms. The Morgan fingerprint density at radius 1 is 0.929 bits per heavy atom. The first kappa shape index (κ1) is 21.0. The number of amides is 2. The van der Waals surface area contributed by atoms with Crippen LogP contribution in [0.2, 0.25) is 5.02 Å². The van der Waals surface area contributed by atoms with Gasteiger partial charge < -0.3 is 9.80 Å². The molecular formula is C18H25ClN4O4S. The highest BCUT2D eigenvalue weighted by molar-refractivity contribution is 7.89. The molecular weight excluding hydrogens is 404 g/mol. The molecule has 0 aromatic heterocycles. The standard InChI is InChI=1S/C18H25ClN4O4S/c1-15(24)21-8-10-22(11-9-21)18(25)14-20-6-12-23(13-7-20)28(26,27)17-5-3-2-4-16(17)19/h2-5H,6-14H2,1H3. The molecule has 3 rings (SSSR count). The zero-order valence-electron chi connectivity index (χ0n) is 15.9. The van der Waals surface area contributed by atoms with E-state index in [1.165, 1.54) is 17.3 Å². The molecule has 0 N–H and O–H groups in total. The molecule has 2 fully saturated rings. The Hall–Kier alpha value is -1.68. The van der Waals surface area contributed by atoms with Gasteiger partial charge in [-0.3, -0.25) is 14.5 Å². The van der Waals surface area contributed by atoms with Crippen molar-refractivity contribution in [2.24, 2.45) is 0 Å². The minimum atomic E-state index is -3.64. The number of carbonyl (C=O) groups is 2. The number of piperazine rings is 2. The maximum atomic E-state index is 12.8. The van der Waals surface area contributed by atoms with Crippen LogP contribution in [0, 0.1) is 0 Å². The monoisotopic (exact) mass is 428 g/mol. The lowest BCUT2D eigenvalue weighted by Crippen LogP contribution is -2.54. The van der Waals surface area contributed by atoms with E-state index in [0.29, 0.717) is 52.4 Å². The van der Waals surface area contributed by atoms with Crippen LogP contribution < -0.4 is 0 Å². The molecule has 0 aliphatic carbocycles. The van der Waals surface area contributed by atoms with E-state index in [4.69, 9.17) is 11.6 Å². The van der Waals surface area contributed by atoms with Gasteiger partial charge in [-0.05, 0) is 12.1 Å². The quantitative estimate of drug-likeness (QED) is 0.690. The van der Waals surface area contributed by atoms with E-state index in [2.05, 4.69) is 0 Å². The Kier molecular flexibility index (Phi) is 6.59. The molecule has 2 heterocycles. The highest BCUT2D eigenvalue weighted by atomic mass is 35.5. The first-order chi connectivity index (χ1) is 13.3. The smallest absolute Gasteiger partial charge is 0.244 e. The van der Waals surface area contributed by atoms with Crippen LogP contribution in [-0.4, -0.2) is 98.1 Å². The number of benzene rings is 1. The summed E-state index contributed by atoms with van der Waals surface area (Å²) in [6.45, 7) is 5.62. The van der Waals surface area contributed by atoms with Crippen molar-refractivity contribution in [3.63, 3.8) is 0 Å². The summed E-state index contributed by atoms with van der Waals surface area (Å²) in [5, 5.41) is 0.213. The minimum Gasteiger partial charge on any atom is -0.339 e. The van der Waals surface area contributed by atoms with Gasteiger partial charge in [0.15, 0.2) is 0 Å². The Morgan fingerprint density at radius 2 is 1.50 bits per heavy atom. The Labute approximate surface area is 170 Å². The van der Waals surface area contributed by atoms with Gasteiger partial charge in [-0.15, -0.1) is 0 Å². The predicted octanol–water partition coefficient (Wildman–Crippen LogP) is 0.337. The third kappa shape index (κ3) is 4.65. The summed E-state index contributed by atoms with van der Waals surface area (Å²) in [5.74, 6) is 0.0496. The largest absolute Gasteiger partial charge is 0.339 e. The Balaban J connectivity index is 1.51. The minimum absolute atomic E-state index is 0.0191. The van der Waals surface area contributed by atoms with Crippen molar-refractivity contribution in [1.82, 2.24) is 19.0 Å². The predicted molar refractivity (Wildman–Crippen MR) is 105 cm³/mol. The highest BCUT2D eigenvalue weighted by Gasteiger charge is 2.31. The van der Waals surface area contributed by atoms with Gasteiger partial charge in [0.2, 0.25) is 21.8 Å². The second-order valence-corrected chi connectivity index (χ2v) is 9.31. The van der Waals surface area contributed by atoms with Crippen molar-refractivity contribution in [1.29, 1.82) is 0 Å². The van der Waals surface area contributed by atoms with Gasteiger partial charge in [0.05, 0.1) is 11.6 Å². The van der Waals surface area contributed by atoms with Crippen molar-refractivity contribution in [3.8, 4) is 0 Å². The maximum absolute atomic E-state index is 12.8. The van der Waals surface area contributed by atoms with Crippen LogP contribution >= 0.6 is 11.6 Å². The Bertz CT molecular complexity index is 832. The molecule has 2 amide bonds. The fourth-order valence-corrected chi connectivity index (χ4v) is 5.40. The molecule has 1 aromatic carbocycles. The number of rotatable bonds is 4. The number of hydrogen-bond acceptors (Lipinski definition) is 5. The molecule has 2 aliphatic rings. The average Bonchev–Trinajstić information content (AvgIpc) is 2.68. The molecule has 1 aromatic rings. The molecule has 0 spiro atoms. The maximum Gasteiger partial charge on any atom is 0.244 e. The van der Waals surface area contributed by atoms with Gasteiger partial charge in [0, 0.05) is 59.3 Å². The van der Waals surface area contributed by atoms with Crippen LogP contribution in [-0.2, 0) is 19.6 Å². The summed E-state index contributed by atoms with van der Waals surface area (Å²) in [5.41, 5.74) is 0. The lowest BCUT2D eigenvalue weighted by atomic mass is 10.3. The number of sulfonamides is 1. The van der Waals surface area contributed by atoms with Crippen molar-refractivity contribution in [3.05, 3.63) is 29.3 Å². The first-order valence-electron chi connectivity index (χ1n) is 9.29. The van der Waals surface area contributed by atoms with E-state index in [0.717, 1.165) is 0 Å². The molecule has 0 saturated carbocycles. The molecule has 0 unspecified atom stereocenters. The van der Waals surface area contributed by atoms with Gasteiger partial charge in [-0.2, -0.15) is 4.31 Å². The molecule has 2 saturated heterocycles. The number of carbonyl (C=O) groups excluding carboxylic acids is 2. The molecule has 8 nitrogen and oxygen atoms in total. The molecule has 2 aliphatic heterocycles. The molecule has 154 valence electrons. The zero-order valence-corrected chi connectivity index (χ0v) is 17.5. The van der Waals surface area contributed by atoms with E-state index < -0.39 is 10.0 Å². The third-order valence-corrected chi connectivity index (χ3v) is 7.62. The second kappa shape index (κ2) is 8.77. The van der Waals surface area contributed by atoms with Gasteiger partial charge in [0.25, 0.3) is 0 Å². The van der Waals surface area contributed by atoms with Crippen LogP contribution in [0.4, 0.5) is 0 Å². The van der Waals surface area contributed by atoms with Crippen molar-refractivity contribution < 1.29 is 18.0 Å². The highest BCUT2D eigenvalue weighted by Crippen LogP contribution is 2.25. The van der Waals surface area contributed by atoms with Crippen molar-refractivity contribution in [2.75, 3.05) is 58.9 Å². The number of nitrogens with zero attached hydrogens (tertiary/aromatic N) is 4. The SMILES string of the molecule is CC(=O)N1CCN(C(=O)CN2CCN(S(=O)(=O)c3ccccc3Cl)CC2)CC1. The van der Waals surface area contributed by atoms with Crippen molar-refractivity contribution >= 4 is 33.4 Å². The summed E-state index contributed by atoms with van der Waals surface area (Å²) < 4.78 is 27.0. The third-order valence-electron chi connectivity index (χ3n) is 5.22. The normalized spacial score (nSPS) is 19.6. The lowest BCUT2D eigenvalue weighted by molar-refractivity contribution is -0.139. The number of halogens is 1. The lowest BCUT2D eigenvalue weighted by Gasteiger charge is -2.37. The van der Waals surface area contributed by atoms with E-state index in [9.17, 15) is 18.0 Å². The van der Waals surface area contributed by atoms with E-state index in [1.807, 2.05) is 4.90 Å². The van der Waals surface area contributed by atoms with Crippen LogP contribution in [0.3, 0.4) is 0 Å². The van der Waals surface area contributed by atoms with Gasteiger partial charge in [-0.25, -0.2) is 8.42 Å². The zero-order chi connectivity index (χ0) is 20.3. The number of hydrogen-bond donors (Lipinski definition) is 0. The van der Waals surface area contributed by atoms with E-state index >= 15 is 0 Å². The molecule has 28 heavy (non-hydrogen) atoms. The summed E-state index contributed by atoms with van der Waals surface area (Å²) >= 11 is 6.05. The summed E-state index contributed by atoms with van der Waals surface area (Å²) in [6, 6.07) is 6.42. The van der Waals surface area contributed by atoms with E-state index in [-0.39, 0.29) is 28.3 Å².